The van der Waals surface area contributed by atoms with E-state index in [1.165, 1.54) is 31.4 Å². The molecule has 0 radical (unpaired) electrons. The predicted molar refractivity (Wildman–Crippen MR) is 55.1 cm³/mol. The Morgan fingerprint density at radius 2 is 1.88 bits per heavy atom. The molecule has 0 amide bonds. The fourth-order valence-corrected chi connectivity index (χ4v) is 1.63. The molecule has 0 fully saturated rings. The van der Waals surface area contributed by atoms with Crippen LogP contribution in [0.15, 0.2) is 29.2 Å². The number of methoxy groups -OCH3 is 1. The summed E-state index contributed by atoms with van der Waals surface area (Å²) in [7, 11) is -3.35. The Morgan fingerprint density at radius 3 is 2.31 bits per heavy atom. The van der Waals surface area contributed by atoms with E-state index < -0.39 is 10.2 Å². The van der Waals surface area contributed by atoms with Crippen molar-refractivity contribution >= 4 is 16.2 Å². The summed E-state index contributed by atoms with van der Waals surface area (Å²) in [6, 6.07) is 5.27. The maximum absolute atomic E-state index is 12.5. The van der Waals surface area contributed by atoms with Crippen LogP contribution in [0.5, 0.6) is 0 Å². The number of aryl methyl sites for hydroxylation is 1. The third-order valence-corrected chi connectivity index (χ3v) is 2.89. The molecule has 0 atom stereocenters. The van der Waals surface area contributed by atoms with E-state index in [-0.39, 0.29) is 17.3 Å². The predicted octanol–water partition coefficient (Wildman–Crippen LogP) is 1.45. The summed E-state index contributed by atoms with van der Waals surface area (Å²) in [4.78, 5) is 10.5. The van der Waals surface area contributed by atoms with Crippen LogP contribution in [-0.2, 0) is 26.2 Å². The van der Waals surface area contributed by atoms with Crippen LogP contribution in [0, 0.1) is 0 Å². The molecule has 4 nitrogen and oxygen atoms in total. The molecule has 0 aromatic heterocycles. The second-order valence-corrected chi connectivity index (χ2v) is 4.51. The number of ether oxygens (including phenoxy) is 1. The minimum atomic E-state index is -4.65. The SMILES string of the molecule is COC(=O)CCc1ccc(S(=O)(=O)F)cc1. The summed E-state index contributed by atoms with van der Waals surface area (Å²) in [6.07, 6.45) is 0.636. The van der Waals surface area contributed by atoms with Gasteiger partial charge in [-0.1, -0.05) is 12.1 Å². The molecular weight excluding hydrogens is 235 g/mol. The van der Waals surface area contributed by atoms with Crippen molar-refractivity contribution in [3.63, 3.8) is 0 Å². The summed E-state index contributed by atoms with van der Waals surface area (Å²) >= 11 is 0. The first-order valence-electron chi connectivity index (χ1n) is 4.54. The fraction of sp³-hybridized carbons (Fsp3) is 0.300. The lowest BCUT2D eigenvalue weighted by molar-refractivity contribution is -0.140. The van der Waals surface area contributed by atoms with E-state index in [0.29, 0.717) is 6.42 Å². The van der Waals surface area contributed by atoms with E-state index in [0.717, 1.165) is 5.56 Å². The topological polar surface area (TPSA) is 60.4 Å². The van der Waals surface area contributed by atoms with Crippen molar-refractivity contribution in [3.05, 3.63) is 29.8 Å². The zero-order valence-electron chi connectivity index (χ0n) is 8.64. The van der Waals surface area contributed by atoms with Gasteiger partial charge >= 0.3 is 16.2 Å². The molecular formula is C10H11FO4S. The lowest BCUT2D eigenvalue weighted by Gasteiger charge is -2.01. The van der Waals surface area contributed by atoms with Crippen LogP contribution in [-0.4, -0.2) is 21.5 Å². The molecule has 1 aromatic carbocycles. The lowest BCUT2D eigenvalue weighted by atomic mass is 10.1. The Bertz CT molecular complexity index is 464. The first kappa shape index (κ1) is 12.6. The normalized spacial score (nSPS) is 11.1. The van der Waals surface area contributed by atoms with Crippen LogP contribution < -0.4 is 0 Å². The minimum Gasteiger partial charge on any atom is -0.469 e. The van der Waals surface area contributed by atoms with Crippen molar-refractivity contribution in [2.75, 3.05) is 7.11 Å². The Kier molecular flexibility index (Phi) is 4.00. The standard InChI is InChI=1S/C10H11FO4S/c1-15-10(12)7-4-8-2-5-9(6-3-8)16(11,13)14/h2-3,5-6H,4,7H2,1H3. The highest BCUT2D eigenvalue weighted by molar-refractivity contribution is 7.86. The molecule has 0 saturated heterocycles. The van der Waals surface area contributed by atoms with E-state index >= 15 is 0 Å². The van der Waals surface area contributed by atoms with Crippen molar-refractivity contribution in [2.45, 2.75) is 17.7 Å². The van der Waals surface area contributed by atoms with Crippen LogP contribution in [0.2, 0.25) is 0 Å². The second-order valence-electron chi connectivity index (χ2n) is 3.16. The molecule has 16 heavy (non-hydrogen) atoms. The Morgan fingerprint density at radius 1 is 1.31 bits per heavy atom. The number of esters is 1. The zero-order valence-corrected chi connectivity index (χ0v) is 9.46. The Labute approximate surface area is 93.3 Å². The van der Waals surface area contributed by atoms with Gasteiger partial charge in [-0.15, -0.1) is 3.89 Å². The number of carbonyl (C=O) groups excluding carboxylic acids is 1. The summed E-state index contributed by atoms with van der Waals surface area (Å²) < 4.78 is 38.0. The van der Waals surface area contributed by atoms with Crippen LogP contribution in [0.4, 0.5) is 3.89 Å². The van der Waals surface area contributed by atoms with Gasteiger partial charge < -0.3 is 4.74 Å². The number of hydrogen-bond donors (Lipinski definition) is 0. The highest BCUT2D eigenvalue weighted by atomic mass is 32.3. The van der Waals surface area contributed by atoms with Crippen LogP contribution in [0.3, 0.4) is 0 Å². The summed E-state index contributed by atoms with van der Waals surface area (Å²) in [5.74, 6) is -0.345. The Hall–Kier alpha value is -1.43. The van der Waals surface area contributed by atoms with Gasteiger partial charge in [0.05, 0.1) is 12.0 Å². The van der Waals surface area contributed by atoms with Crippen molar-refractivity contribution in [1.82, 2.24) is 0 Å². The first-order valence-corrected chi connectivity index (χ1v) is 5.92. The van der Waals surface area contributed by atoms with Gasteiger partial charge in [-0.25, -0.2) is 0 Å². The average molecular weight is 246 g/mol. The molecule has 1 rings (SSSR count). The van der Waals surface area contributed by atoms with Crippen molar-refractivity contribution < 1.29 is 21.8 Å². The molecule has 1 aromatic rings. The van der Waals surface area contributed by atoms with Gasteiger partial charge in [-0.3, -0.25) is 4.79 Å². The first-order chi connectivity index (χ1) is 7.43. The third-order valence-electron chi connectivity index (χ3n) is 2.05. The molecule has 0 N–H and O–H groups in total. The van der Waals surface area contributed by atoms with E-state index in [1.807, 2.05) is 0 Å². The van der Waals surface area contributed by atoms with Gasteiger partial charge in [0.1, 0.15) is 0 Å². The molecule has 0 aliphatic heterocycles. The Balaban J connectivity index is 2.69. The van der Waals surface area contributed by atoms with Crippen LogP contribution in [0.25, 0.3) is 0 Å². The molecule has 0 aliphatic carbocycles. The average Bonchev–Trinajstić information content (AvgIpc) is 2.25. The van der Waals surface area contributed by atoms with Crippen molar-refractivity contribution in [2.24, 2.45) is 0 Å². The molecule has 0 heterocycles. The number of hydrogen-bond acceptors (Lipinski definition) is 4. The summed E-state index contributed by atoms with van der Waals surface area (Å²) in [5, 5.41) is 0. The molecule has 0 aliphatic rings. The lowest BCUT2D eigenvalue weighted by Crippen LogP contribution is -2.02. The second kappa shape index (κ2) is 5.07. The minimum absolute atomic E-state index is 0.207. The maximum Gasteiger partial charge on any atom is 0.332 e. The van der Waals surface area contributed by atoms with Gasteiger partial charge in [0, 0.05) is 6.42 Å². The van der Waals surface area contributed by atoms with E-state index in [2.05, 4.69) is 4.74 Å². The fourth-order valence-electron chi connectivity index (χ4n) is 1.17. The van der Waals surface area contributed by atoms with Gasteiger partial charge in [0.25, 0.3) is 0 Å². The largest absolute Gasteiger partial charge is 0.469 e. The van der Waals surface area contributed by atoms with E-state index in [4.69, 9.17) is 0 Å². The summed E-state index contributed by atoms with van der Waals surface area (Å²) in [6.45, 7) is 0. The van der Waals surface area contributed by atoms with E-state index in [1.54, 1.807) is 0 Å². The maximum atomic E-state index is 12.5. The van der Waals surface area contributed by atoms with Crippen molar-refractivity contribution in [3.8, 4) is 0 Å². The van der Waals surface area contributed by atoms with Gasteiger partial charge in [0.15, 0.2) is 0 Å². The van der Waals surface area contributed by atoms with Gasteiger partial charge in [0.2, 0.25) is 0 Å². The molecule has 0 saturated carbocycles. The van der Waals surface area contributed by atoms with E-state index in [9.17, 15) is 17.1 Å². The van der Waals surface area contributed by atoms with Crippen LogP contribution in [0.1, 0.15) is 12.0 Å². The number of benzene rings is 1. The number of carbonyl (C=O) groups is 1. The zero-order chi connectivity index (χ0) is 12.2. The molecule has 88 valence electrons. The highest BCUT2D eigenvalue weighted by Crippen LogP contribution is 2.14. The molecule has 0 spiro atoms. The molecule has 0 bridgehead atoms. The van der Waals surface area contributed by atoms with Gasteiger partial charge in [-0.2, -0.15) is 8.42 Å². The molecule has 0 unspecified atom stereocenters. The third kappa shape index (κ3) is 3.62. The van der Waals surface area contributed by atoms with Gasteiger partial charge in [-0.05, 0) is 24.1 Å². The highest BCUT2D eigenvalue weighted by Gasteiger charge is 2.11. The number of rotatable bonds is 4. The van der Waals surface area contributed by atoms with Crippen LogP contribution >= 0.6 is 0 Å². The smallest absolute Gasteiger partial charge is 0.332 e. The number of halogens is 1. The van der Waals surface area contributed by atoms with Crippen molar-refractivity contribution in [1.29, 1.82) is 0 Å². The summed E-state index contributed by atoms with van der Waals surface area (Å²) in [5.41, 5.74) is 0.748. The quantitative estimate of drug-likeness (QED) is 0.596. The molecule has 6 heteroatoms. The monoisotopic (exact) mass is 246 g/mol.